The summed E-state index contributed by atoms with van der Waals surface area (Å²) in [5.41, 5.74) is 4.87. The lowest BCUT2D eigenvalue weighted by Crippen LogP contribution is -2.08. The van der Waals surface area contributed by atoms with Crippen LogP contribution in [0.25, 0.3) is 0 Å². The summed E-state index contributed by atoms with van der Waals surface area (Å²) in [6.45, 7) is 6.27. The summed E-state index contributed by atoms with van der Waals surface area (Å²) in [7, 11) is 0. The van der Waals surface area contributed by atoms with Crippen LogP contribution in [0, 0.1) is 20.8 Å². The van der Waals surface area contributed by atoms with E-state index in [0.29, 0.717) is 12.2 Å². The molecule has 3 heteroatoms. The van der Waals surface area contributed by atoms with Crippen molar-refractivity contribution in [1.82, 2.24) is 0 Å². The molecule has 1 nitrogen and oxygen atoms in total. The molecule has 2 aromatic carbocycles. The lowest BCUT2D eigenvalue weighted by Gasteiger charge is -2.10. The molecule has 110 valence electrons. The summed E-state index contributed by atoms with van der Waals surface area (Å²) in [6.07, 6.45) is 0.529. The SMILES string of the molecule is Cc1cc(C)c(CC(=O)CSc2ccc(Br)cc2)c(C)c1. The molecule has 0 radical (unpaired) electrons. The van der Waals surface area contributed by atoms with Crippen molar-refractivity contribution < 1.29 is 4.79 Å². The highest BCUT2D eigenvalue weighted by molar-refractivity contribution is 9.10. The molecule has 0 amide bonds. The molecule has 0 unspecified atom stereocenters. The number of benzene rings is 2. The Balaban J connectivity index is 1.97. The molecule has 0 heterocycles. The monoisotopic (exact) mass is 362 g/mol. The Morgan fingerprint density at radius 2 is 1.62 bits per heavy atom. The molecule has 0 aliphatic carbocycles. The van der Waals surface area contributed by atoms with E-state index in [2.05, 4.69) is 48.8 Å². The van der Waals surface area contributed by atoms with E-state index in [1.165, 1.54) is 22.3 Å². The van der Waals surface area contributed by atoms with E-state index in [1.54, 1.807) is 11.8 Å². The fourth-order valence-corrected chi connectivity index (χ4v) is 3.45. The Labute approximate surface area is 139 Å². The quantitative estimate of drug-likeness (QED) is 0.673. The van der Waals surface area contributed by atoms with E-state index in [4.69, 9.17) is 0 Å². The Bertz CT molecular complexity index is 624. The highest BCUT2D eigenvalue weighted by atomic mass is 79.9. The lowest BCUT2D eigenvalue weighted by molar-refractivity contribution is -0.116. The van der Waals surface area contributed by atoms with Crippen LogP contribution in [0.15, 0.2) is 45.8 Å². The van der Waals surface area contributed by atoms with Crippen molar-refractivity contribution in [2.45, 2.75) is 32.1 Å². The molecule has 0 saturated heterocycles. The number of ketones is 1. The molecule has 0 aliphatic heterocycles. The summed E-state index contributed by atoms with van der Waals surface area (Å²) < 4.78 is 1.06. The third-order valence-corrected chi connectivity index (χ3v) is 5.03. The predicted octanol–water partition coefficient (Wildman–Crippen LogP) is 5.28. The molecule has 0 aromatic heterocycles. The molecule has 0 saturated carbocycles. The smallest absolute Gasteiger partial charge is 0.147 e. The first-order valence-corrected chi connectivity index (χ1v) is 8.70. The van der Waals surface area contributed by atoms with Gasteiger partial charge in [0.15, 0.2) is 0 Å². The average molecular weight is 363 g/mol. The van der Waals surface area contributed by atoms with Crippen molar-refractivity contribution in [2.24, 2.45) is 0 Å². The number of thioether (sulfide) groups is 1. The minimum absolute atomic E-state index is 0.276. The van der Waals surface area contributed by atoms with Gasteiger partial charge in [-0.3, -0.25) is 4.79 Å². The van der Waals surface area contributed by atoms with Gasteiger partial charge < -0.3 is 0 Å². The minimum atomic E-state index is 0.276. The topological polar surface area (TPSA) is 17.1 Å². The van der Waals surface area contributed by atoms with E-state index in [9.17, 15) is 4.79 Å². The first kappa shape index (κ1) is 16.3. The zero-order valence-corrected chi connectivity index (χ0v) is 15.0. The molecule has 21 heavy (non-hydrogen) atoms. The largest absolute Gasteiger partial charge is 0.298 e. The number of hydrogen-bond acceptors (Lipinski definition) is 2. The second kappa shape index (κ2) is 7.28. The van der Waals surface area contributed by atoms with Gasteiger partial charge in [-0.2, -0.15) is 0 Å². The average Bonchev–Trinajstić information content (AvgIpc) is 2.42. The van der Waals surface area contributed by atoms with Crippen LogP contribution < -0.4 is 0 Å². The third kappa shape index (κ3) is 4.72. The van der Waals surface area contributed by atoms with Crippen molar-refractivity contribution >= 4 is 33.5 Å². The van der Waals surface area contributed by atoms with Crippen LogP contribution in [0.1, 0.15) is 22.3 Å². The number of hydrogen-bond donors (Lipinski definition) is 0. The number of carbonyl (C=O) groups excluding carboxylic acids is 1. The van der Waals surface area contributed by atoms with E-state index in [1.807, 2.05) is 24.3 Å². The highest BCUT2D eigenvalue weighted by Crippen LogP contribution is 2.22. The first-order valence-electron chi connectivity index (χ1n) is 6.92. The van der Waals surface area contributed by atoms with Crippen molar-refractivity contribution in [3.63, 3.8) is 0 Å². The van der Waals surface area contributed by atoms with Gasteiger partial charge >= 0.3 is 0 Å². The molecule has 0 N–H and O–H groups in total. The summed E-state index contributed by atoms with van der Waals surface area (Å²) in [5.74, 6) is 0.798. The van der Waals surface area contributed by atoms with Gasteiger partial charge in [0, 0.05) is 15.8 Å². The van der Waals surface area contributed by atoms with Crippen LogP contribution in [0.3, 0.4) is 0 Å². The van der Waals surface area contributed by atoms with Gasteiger partial charge in [-0.15, -0.1) is 11.8 Å². The summed E-state index contributed by atoms with van der Waals surface area (Å²) in [4.78, 5) is 13.3. The Kier molecular flexibility index (Phi) is 5.65. The molecule has 2 rings (SSSR count). The predicted molar refractivity (Wildman–Crippen MR) is 94.2 cm³/mol. The number of aryl methyl sites for hydroxylation is 3. The number of halogens is 1. The lowest BCUT2D eigenvalue weighted by atomic mass is 9.96. The van der Waals surface area contributed by atoms with Gasteiger partial charge in [-0.25, -0.2) is 0 Å². The maximum atomic E-state index is 12.2. The van der Waals surface area contributed by atoms with Gasteiger partial charge in [0.05, 0.1) is 5.75 Å². The van der Waals surface area contributed by atoms with Crippen LogP contribution in [0.2, 0.25) is 0 Å². The van der Waals surface area contributed by atoms with E-state index < -0.39 is 0 Å². The molecule has 0 atom stereocenters. The van der Waals surface area contributed by atoms with Crippen LogP contribution in [0.5, 0.6) is 0 Å². The van der Waals surface area contributed by atoms with Crippen molar-refractivity contribution in [3.05, 3.63) is 63.1 Å². The third-order valence-electron chi connectivity index (χ3n) is 3.43. The molecule has 0 fully saturated rings. The molecule has 0 spiro atoms. The Morgan fingerprint density at radius 3 is 2.19 bits per heavy atom. The first-order chi connectivity index (χ1) is 9.95. The summed E-state index contributed by atoms with van der Waals surface area (Å²) in [5, 5.41) is 0. The van der Waals surface area contributed by atoms with Gasteiger partial charge in [0.2, 0.25) is 0 Å². The Morgan fingerprint density at radius 1 is 1.05 bits per heavy atom. The minimum Gasteiger partial charge on any atom is -0.298 e. The zero-order chi connectivity index (χ0) is 15.4. The Hall–Kier alpha value is -1.06. The van der Waals surface area contributed by atoms with Crippen molar-refractivity contribution in [2.75, 3.05) is 5.75 Å². The maximum absolute atomic E-state index is 12.2. The van der Waals surface area contributed by atoms with Crippen molar-refractivity contribution in [3.8, 4) is 0 Å². The second-order valence-corrected chi connectivity index (χ2v) is 7.30. The van der Waals surface area contributed by atoms with Crippen LogP contribution in [-0.4, -0.2) is 11.5 Å². The van der Waals surface area contributed by atoms with Gasteiger partial charge in [0.1, 0.15) is 5.78 Å². The van der Waals surface area contributed by atoms with Gasteiger partial charge in [-0.05, 0) is 61.7 Å². The zero-order valence-electron chi connectivity index (χ0n) is 12.6. The van der Waals surface area contributed by atoms with E-state index in [0.717, 1.165) is 9.37 Å². The second-order valence-electron chi connectivity index (χ2n) is 5.34. The normalized spacial score (nSPS) is 10.7. The summed E-state index contributed by atoms with van der Waals surface area (Å²) in [6, 6.07) is 12.4. The summed E-state index contributed by atoms with van der Waals surface area (Å²) >= 11 is 5.02. The van der Waals surface area contributed by atoms with E-state index in [-0.39, 0.29) is 5.78 Å². The van der Waals surface area contributed by atoms with E-state index >= 15 is 0 Å². The fourth-order valence-electron chi connectivity index (χ4n) is 2.43. The molecule has 0 bridgehead atoms. The number of carbonyl (C=O) groups is 1. The number of Topliss-reactive ketones (excluding diaryl/α,β-unsaturated/α-hetero) is 1. The van der Waals surface area contributed by atoms with Gasteiger partial charge in [-0.1, -0.05) is 33.6 Å². The highest BCUT2D eigenvalue weighted by Gasteiger charge is 2.10. The van der Waals surface area contributed by atoms with Crippen LogP contribution >= 0.6 is 27.7 Å². The van der Waals surface area contributed by atoms with Gasteiger partial charge in [0.25, 0.3) is 0 Å². The molecular weight excluding hydrogens is 344 g/mol. The van der Waals surface area contributed by atoms with Crippen LogP contribution in [-0.2, 0) is 11.2 Å². The standard InChI is InChI=1S/C18H19BrOS/c1-12-8-13(2)18(14(3)9-12)10-16(20)11-21-17-6-4-15(19)5-7-17/h4-9H,10-11H2,1-3H3. The number of rotatable bonds is 5. The molecule has 0 aliphatic rings. The molecular formula is C18H19BrOS. The van der Waals surface area contributed by atoms with Crippen LogP contribution in [0.4, 0.5) is 0 Å². The fraction of sp³-hybridized carbons (Fsp3) is 0.278. The van der Waals surface area contributed by atoms with Crippen molar-refractivity contribution in [1.29, 1.82) is 0 Å². The maximum Gasteiger partial charge on any atom is 0.147 e. The molecule has 2 aromatic rings.